The highest BCUT2D eigenvalue weighted by molar-refractivity contribution is 5.99. The standard InChI is InChI=1S/C19H23NO6/c1-5-19(17(23)25-4)18(2)14(10-15(21)26-18)16(22)20(19)11-12-6-8-13(24-3)9-7-12/h6-9,14H,5,10-11H2,1-4H3/t14-,18-,19-/m0/s1. The number of carbonyl (C=O) groups excluding carboxylic acids is 3. The Labute approximate surface area is 152 Å². The summed E-state index contributed by atoms with van der Waals surface area (Å²) in [7, 11) is 2.86. The van der Waals surface area contributed by atoms with E-state index >= 15 is 0 Å². The van der Waals surface area contributed by atoms with E-state index in [1.165, 1.54) is 12.0 Å². The number of benzene rings is 1. The minimum absolute atomic E-state index is 0.0206. The van der Waals surface area contributed by atoms with E-state index in [4.69, 9.17) is 14.2 Å². The lowest BCUT2D eigenvalue weighted by atomic mass is 9.75. The molecule has 2 fully saturated rings. The summed E-state index contributed by atoms with van der Waals surface area (Å²) < 4.78 is 15.8. The van der Waals surface area contributed by atoms with Crippen LogP contribution >= 0.6 is 0 Å². The van der Waals surface area contributed by atoms with Crippen LogP contribution in [0.15, 0.2) is 24.3 Å². The van der Waals surface area contributed by atoms with E-state index in [1.54, 1.807) is 33.1 Å². The van der Waals surface area contributed by atoms with Gasteiger partial charge in [-0.2, -0.15) is 0 Å². The number of fused-ring (bicyclic) bond motifs is 1. The van der Waals surface area contributed by atoms with Crippen LogP contribution in [-0.2, 0) is 30.4 Å². The van der Waals surface area contributed by atoms with Crippen molar-refractivity contribution >= 4 is 17.8 Å². The molecule has 0 spiro atoms. The zero-order valence-electron chi connectivity index (χ0n) is 15.4. The van der Waals surface area contributed by atoms with Crippen molar-refractivity contribution in [2.45, 2.75) is 44.4 Å². The molecule has 2 aliphatic rings. The SMILES string of the molecule is CC[C@@]1(C(=O)OC)N(Cc2ccc(OC)cc2)C(=O)[C@@H]2CC(=O)O[C@@]21C. The fraction of sp³-hybridized carbons (Fsp3) is 0.526. The number of amides is 1. The first-order chi connectivity index (χ1) is 12.3. The summed E-state index contributed by atoms with van der Waals surface area (Å²) in [6.07, 6.45) is 0.259. The lowest BCUT2D eigenvalue weighted by molar-refractivity contribution is -0.178. The molecule has 7 heteroatoms. The third-order valence-corrected chi connectivity index (χ3v) is 5.74. The van der Waals surface area contributed by atoms with E-state index in [2.05, 4.69) is 0 Å². The van der Waals surface area contributed by atoms with Crippen LogP contribution in [0.3, 0.4) is 0 Å². The Morgan fingerprint density at radius 1 is 1.27 bits per heavy atom. The Balaban J connectivity index is 2.05. The van der Waals surface area contributed by atoms with Crippen LogP contribution in [0.1, 0.15) is 32.3 Å². The van der Waals surface area contributed by atoms with Crippen molar-refractivity contribution in [2.24, 2.45) is 5.92 Å². The molecule has 0 N–H and O–H groups in total. The van der Waals surface area contributed by atoms with E-state index in [0.29, 0.717) is 5.75 Å². The van der Waals surface area contributed by atoms with E-state index in [0.717, 1.165) is 5.56 Å². The van der Waals surface area contributed by atoms with Crippen molar-refractivity contribution in [3.05, 3.63) is 29.8 Å². The Morgan fingerprint density at radius 2 is 1.92 bits per heavy atom. The zero-order chi connectivity index (χ0) is 19.1. The van der Waals surface area contributed by atoms with Crippen molar-refractivity contribution in [2.75, 3.05) is 14.2 Å². The first kappa shape index (κ1) is 18.2. The minimum atomic E-state index is -1.35. The van der Waals surface area contributed by atoms with E-state index < -0.39 is 29.0 Å². The van der Waals surface area contributed by atoms with Gasteiger partial charge in [-0.15, -0.1) is 0 Å². The molecular weight excluding hydrogens is 338 g/mol. The molecule has 140 valence electrons. The topological polar surface area (TPSA) is 82.1 Å². The zero-order valence-corrected chi connectivity index (χ0v) is 15.4. The fourth-order valence-electron chi connectivity index (χ4n) is 4.34. The third kappa shape index (κ3) is 2.29. The average molecular weight is 361 g/mol. The summed E-state index contributed by atoms with van der Waals surface area (Å²) in [4.78, 5) is 39.4. The lowest BCUT2D eigenvalue weighted by Crippen LogP contribution is -2.63. The van der Waals surface area contributed by atoms with Crippen LogP contribution in [0.25, 0.3) is 0 Å². The number of hydrogen-bond donors (Lipinski definition) is 0. The minimum Gasteiger partial charge on any atom is -0.497 e. The first-order valence-corrected chi connectivity index (χ1v) is 8.58. The molecule has 0 unspecified atom stereocenters. The molecule has 7 nitrogen and oxygen atoms in total. The number of likely N-dealkylation sites (tertiary alicyclic amines) is 1. The molecule has 3 atom stereocenters. The Kier molecular flexibility index (Phi) is 4.42. The van der Waals surface area contributed by atoms with Crippen LogP contribution in [0.2, 0.25) is 0 Å². The van der Waals surface area contributed by atoms with Gasteiger partial charge in [-0.3, -0.25) is 9.59 Å². The van der Waals surface area contributed by atoms with E-state index in [-0.39, 0.29) is 25.3 Å². The lowest BCUT2D eigenvalue weighted by Gasteiger charge is -2.43. The maximum atomic E-state index is 13.1. The Hall–Kier alpha value is -2.57. The summed E-state index contributed by atoms with van der Waals surface area (Å²) in [5.41, 5.74) is -1.75. The predicted octanol–water partition coefficient (Wildman–Crippen LogP) is 1.68. The molecule has 2 heterocycles. The van der Waals surface area contributed by atoms with Gasteiger partial charge in [0.25, 0.3) is 0 Å². The van der Waals surface area contributed by atoms with Gasteiger partial charge >= 0.3 is 11.9 Å². The van der Waals surface area contributed by atoms with E-state index in [9.17, 15) is 14.4 Å². The van der Waals surface area contributed by atoms with Crippen LogP contribution in [0.4, 0.5) is 0 Å². The second kappa shape index (κ2) is 6.30. The highest BCUT2D eigenvalue weighted by atomic mass is 16.6. The van der Waals surface area contributed by atoms with Crippen LogP contribution < -0.4 is 4.74 Å². The summed E-state index contributed by atoms with van der Waals surface area (Å²) in [6.45, 7) is 3.68. The van der Waals surface area contributed by atoms with Gasteiger partial charge in [0.1, 0.15) is 5.75 Å². The van der Waals surface area contributed by atoms with Crippen LogP contribution in [-0.4, -0.2) is 48.1 Å². The molecule has 0 bridgehead atoms. The molecule has 1 amide bonds. The molecule has 0 saturated carbocycles. The van der Waals surface area contributed by atoms with Crippen molar-refractivity contribution < 1.29 is 28.6 Å². The monoisotopic (exact) mass is 361 g/mol. The molecule has 0 radical (unpaired) electrons. The average Bonchev–Trinajstić information content (AvgIpc) is 3.03. The van der Waals surface area contributed by atoms with Gasteiger partial charge < -0.3 is 19.1 Å². The van der Waals surface area contributed by atoms with Crippen molar-refractivity contribution in [1.29, 1.82) is 0 Å². The van der Waals surface area contributed by atoms with Crippen LogP contribution in [0.5, 0.6) is 5.75 Å². The molecule has 0 aromatic heterocycles. The summed E-state index contributed by atoms with van der Waals surface area (Å²) >= 11 is 0. The number of ether oxygens (including phenoxy) is 3. The van der Waals surface area contributed by atoms with Crippen molar-refractivity contribution in [3.63, 3.8) is 0 Å². The van der Waals surface area contributed by atoms with Crippen molar-refractivity contribution in [3.8, 4) is 5.75 Å². The molecule has 3 rings (SSSR count). The smallest absolute Gasteiger partial charge is 0.336 e. The summed E-state index contributed by atoms with van der Waals surface area (Å²) in [6, 6.07) is 7.27. The normalized spacial score (nSPS) is 30.2. The van der Waals surface area contributed by atoms with Gasteiger partial charge in [-0.1, -0.05) is 19.1 Å². The number of esters is 2. The summed E-state index contributed by atoms with van der Waals surface area (Å²) in [5, 5.41) is 0. The second-order valence-electron chi connectivity index (χ2n) is 6.82. The van der Waals surface area contributed by atoms with Crippen LogP contribution in [0, 0.1) is 5.92 Å². The number of carbonyl (C=O) groups is 3. The number of nitrogens with zero attached hydrogens (tertiary/aromatic N) is 1. The molecule has 1 aromatic carbocycles. The number of methoxy groups -OCH3 is 2. The first-order valence-electron chi connectivity index (χ1n) is 8.58. The molecule has 0 aliphatic carbocycles. The Morgan fingerprint density at radius 3 is 2.46 bits per heavy atom. The van der Waals surface area contributed by atoms with Gasteiger partial charge in [0.15, 0.2) is 11.1 Å². The largest absolute Gasteiger partial charge is 0.497 e. The van der Waals surface area contributed by atoms with Gasteiger partial charge in [-0.05, 0) is 31.0 Å². The maximum Gasteiger partial charge on any atom is 0.336 e. The quantitative estimate of drug-likeness (QED) is 0.742. The molecule has 26 heavy (non-hydrogen) atoms. The predicted molar refractivity (Wildman–Crippen MR) is 91.2 cm³/mol. The summed E-state index contributed by atoms with van der Waals surface area (Å²) in [5.74, 6) is -1.28. The molecule has 2 aliphatic heterocycles. The van der Waals surface area contributed by atoms with Gasteiger partial charge in [0, 0.05) is 6.54 Å². The van der Waals surface area contributed by atoms with Gasteiger partial charge in [0.2, 0.25) is 5.91 Å². The molecule has 2 saturated heterocycles. The number of hydrogen-bond acceptors (Lipinski definition) is 6. The van der Waals surface area contributed by atoms with Gasteiger partial charge in [-0.25, -0.2) is 4.79 Å². The van der Waals surface area contributed by atoms with Crippen molar-refractivity contribution in [1.82, 2.24) is 4.90 Å². The fourth-order valence-corrected chi connectivity index (χ4v) is 4.34. The van der Waals surface area contributed by atoms with Gasteiger partial charge in [0.05, 0.1) is 26.6 Å². The molecule has 1 aromatic rings. The third-order valence-electron chi connectivity index (χ3n) is 5.74. The second-order valence-corrected chi connectivity index (χ2v) is 6.82. The number of rotatable bonds is 5. The maximum absolute atomic E-state index is 13.1. The van der Waals surface area contributed by atoms with E-state index in [1.807, 2.05) is 12.1 Å². The Bertz CT molecular complexity index is 745. The highest BCUT2D eigenvalue weighted by Crippen LogP contribution is 2.53. The highest BCUT2D eigenvalue weighted by Gasteiger charge is 2.74. The molecular formula is C19H23NO6.